The van der Waals surface area contributed by atoms with Crippen molar-refractivity contribution in [3.05, 3.63) is 46.5 Å². The molecule has 1 aromatic carbocycles. The summed E-state index contributed by atoms with van der Waals surface area (Å²) in [4.78, 5) is 4.32. The second kappa shape index (κ2) is 6.82. The molecule has 0 fully saturated rings. The average molecular weight is 323 g/mol. The normalized spacial score (nSPS) is 12.6. The van der Waals surface area contributed by atoms with Crippen molar-refractivity contribution >= 4 is 15.9 Å². The molecule has 1 unspecified atom stereocenters. The van der Waals surface area contributed by atoms with E-state index >= 15 is 0 Å². The first-order valence-electron chi connectivity index (χ1n) is 6.53. The molecule has 19 heavy (non-hydrogen) atoms. The molecule has 0 saturated heterocycles. The van der Waals surface area contributed by atoms with Gasteiger partial charge in [0.2, 0.25) is 0 Å². The molecule has 0 bridgehead atoms. The molecule has 0 aliphatic rings. The Labute approximate surface area is 122 Å². The number of nitrogens with one attached hydrogen (secondary N) is 1. The fraction of sp³-hybridized carbons (Fsp3) is 0.429. The lowest BCUT2D eigenvalue weighted by Crippen LogP contribution is -2.25. The van der Waals surface area contributed by atoms with Crippen LogP contribution in [0.25, 0.3) is 0 Å². The molecule has 5 heteroatoms. The number of aromatic nitrogens is 3. The zero-order chi connectivity index (χ0) is 13.7. The zero-order valence-corrected chi connectivity index (χ0v) is 12.9. The van der Waals surface area contributed by atoms with E-state index in [0.29, 0.717) is 0 Å². The van der Waals surface area contributed by atoms with Crippen LogP contribution in [-0.4, -0.2) is 21.3 Å². The van der Waals surface area contributed by atoms with Crippen molar-refractivity contribution in [2.75, 3.05) is 6.54 Å². The highest BCUT2D eigenvalue weighted by atomic mass is 79.9. The second-order valence-electron chi connectivity index (χ2n) is 4.53. The first kappa shape index (κ1) is 14.2. The van der Waals surface area contributed by atoms with E-state index in [1.165, 1.54) is 5.56 Å². The quantitative estimate of drug-likeness (QED) is 0.889. The summed E-state index contributed by atoms with van der Waals surface area (Å²) < 4.78 is 2.96. The average Bonchev–Trinajstić information content (AvgIpc) is 2.81. The molecule has 0 aliphatic carbocycles. The Bertz CT molecular complexity index is 524. The van der Waals surface area contributed by atoms with Gasteiger partial charge in [-0.15, -0.1) is 0 Å². The zero-order valence-electron chi connectivity index (χ0n) is 11.3. The van der Waals surface area contributed by atoms with Crippen LogP contribution in [0.4, 0.5) is 0 Å². The Morgan fingerprint density at radius 1 is 1.37 bits per heavy atom. The van der Waals surface area contributed by atoms with Crippen LogP contribution >= 0.6 is 15.9 Å². The van der Waals surface area contributed by atoms with Gasteiger partial charge in [0.15, 0.2) is 0 Å². The van der Waals surface area contributed by atoms with E-state index in [1.54, 1.807) is 6.33 Å². The maximum absolute atomic E-state index is 4.32. The molecule has 0 radical (unpaired) electrons. The van der Waals surface area contributed by atoms with Crippen molar-refractivity contribution in [2.45, 2.75) is 25.8 Å². The molecular formula is C14H19BrN4. The summed E-state index contributed by atoms with van der Waals surface area (Å²) >= 11 is 3.63. The van der Waals surface area contributed by atoms with Gasteiger partial charge in [0, 0.05) is 24.0 Å². The van der Waals surface area contributed by atoms with Crippen LogP contribution in [0.5, 0.6) is 0 Å². The van der Waals surface area contributed by atoms with E-state index < -0.39 is 0 Å². The Balaban J connectivity index is 2.21. The van der Waals surface area contributed by atoms with E-state index in [9.17, 15) is 0 Å². The monoisotopic (exact) mass is 322 g/mol. The maximum atomic E-state index is 4.32. The fourth-order valence-electron chi connectivity index (χ4n) is 2.06. The van der Waals surface area contributed by atoms with Gasteiger partial charge in [0.1, 0.15) is 12.2 Å². The van der Waals surface area contributed by atoms with Crippen molar-refractivity contribution in [3.63, 3.8) is 0 Å². The topological polar surface area (TPSA) is 42.7 Å². The van der Waals surface area contributed by atoms with Gasteiger partial charge in [-0.1, -0.05) is 41.1 Å². The minimum absolute atomic E-state index is 0.249. The molecule has 0 spiro atoms. The van der Waals surface area contributed by atoms with Gasteiger partial charge in [0.25, 0.3) is 0 Å². The Kier molecular flexibility index (Phi) is 5.10. The number of halogens is 1. The van der Waals surface area contributed by atoms with E-state index in [-0.39, 0.29) is 6.04 Å². The highest BCUT2D eigenvalue weighted by molar-refractivity contribution is 9.10. The summed E-state index contributed by atoms with van der Waals surface area (Å²) in [6, 6.07) is 8.57. The molecule has 4 nitrogen and oxygen atoms in total. The molecule has 0 amide bonds. The third-order valence-electron chi connectivity index (χ3n) is 3.11. The van der Waals surface area contributed by atoms with Crippen molar-refractivity contribution < 1.29 is 0 Å². The molecular weight excluding hydrogens is 304 g/mol. The predicted molar refractivity (Wildman–Crippen MR) is 79.9 cm³/mol. The minimum atomic E-state index is 0.249. The molecule has 1 N–H and O–H groups in total. The smallest absolute Gasteiger partial charge is 0.138 e. The first-order valence-corrected chi connectivity index (χ1v) is 7.32. The Morgan fingerprint density at radius 2 is 2.16 bits per heavy atom. The summed E-state index contributed by atoms with van der Waals surface area (Å²) in [5.74, 6) is 0.990. The standard InChI is InChI=1S/C14H19BrN4/c1-3-8-16-13(9-14-17-10-18-19(14)2)11-6-4-5-7-12(11)15/h4-7,10,13,16H,3,8-9H2,1-2H3. The van der Waals surface area contributed by atoms with E-state index in [1.807, 2.05) is 17.8 Å². The second-order valence-corrected chi connectivity index (χ2v) is 5.39. The molecule has 1 atom stereocenters. The number of nitrogens with zero attached hydrogens (tertiary/aromatic N) is 3. The lowest BCUT2D eigenvalue weighted by molar-refractivity contribution is 0.505. The van der Waals surface area contributed by atoms with Gasteiger partial charge >= 0.3 is 0 Å². The van der Waals surface area contributed by atoms with Gasteiger partial charge in [-0.25, -0.2) is 4.98 Å². The molecule has 0 saturated carbocycles. The van der Waals surface area contributed by atoms with E-state index in [2.05, 4.69) is 56.5 Å². The van der Waals surface area contributed by atoms with Crippen LogP contribution in [-0.2, 0) is 13.5 Å². The molecule has 2 aromatic rings. The highest BCUT2D eigenvalue weighted by Gasteiger charge is 2.16. The van der Waals surface area contributed by atoms with Crippen LogP contribution in [0.2, 0.25) is 0 Å². The number of aryl methyl sites for hydroxylation is 1. The van der Waals surface area contributed by atoms with E-state index in [0.717, 1.165) is 29.7 Å². The summed E-state index contributed by atoms with van der Waals surface area (Å²) in [5.41, 5.74) is 1.26. The number of hydrogen-bond donors (Lipinski definition) is 1. The summed E-state index contributed by atoms with van der Waals surface area (Å²) in [5, 5.41) is 7.71. The molecule has 1 aromatic heterocycles. The molecule has 102 valence electrons. The molecule has 0 aliphatic heterocycles. The lowest BCUT2D eigenvalue weighted by atomic mass is 10.0. The summed E-state index contributed by atoms with van der Waals surface area (Å²) in [6.07, 6.45) is 3.55. The van der Waals surface area contributed by atoms with Crippen LogP contribution < -0.4 is 5.32 Å². The summed E-state index contributed by atoms with van der Waals surface area (Å²) in [6.45, 7) is 3.16. The summed E-state index contributed by atoms with van der Waals surface area (Å²) in [7, 11) is 1.93. The van der Waals surface area contributed by atoms with Crippen molar-refractivity contribution in [3.8, 4) is 0 Å². The lowest BCUT2D eigenvalue weighted by Gasteiger charge is -2.19. The van der Waals surface area contributed by atoms with Crippen molar-refractivity contribution in [1.82, 2.24) is 20.1 Å². The largest absolute Gasteiger partial charge is 0.310 e. The maximum Gasteiger partial charge on any atom is 0.138 e. The third-order valence-corrected chi connectivity index (χ3v) is 3.84. The van der Waals surface area contributed by atoms with Crippen LogP contribution in [0, 0.1) is 0 Å². The van der Waals surface area contributed by atoms with Gasteiger partial charge in [-0.2, -0.15) is 5.10 Å². The fourth-order valence-corrected chi connectivity index (χ4v) is 2.62. The Morgan fingerprint density at radius 3 is 2.79 bits per heavy atom. The van der Waals surface area contributed by atoms with Crippen molar-refractivity contribution in [2.24, 2.45) is 7.05 Å². The van der Waals surface area contributed by atoms with Crippen LogP contribution in [0.1, 0.15) is 30.8 Å². The van der Waals surface area contributed by atoms with Crippen LogP contribution in [0.3, 0.4) is 0 Å². The molecule has 1 heterocycles. The van der Waals surface area contributed by atoms with Crippen molar-refractivity contribution in [1.29, 1.82) is 0 Å². The third kappa shape index (κ3) is 3.64. The number of benzene rings is 1. The van der Waals surface area contributed by atoms with Gasteiger partial charge in [-0.3, -0.25) is 4.68 Å². The number of hydrogen-bond acceptors (Lipinski definition) is 3. The van der Waals surface area contributed by atoms with Gasteiger partial charge < -0.3 is 5.32 Å². The highest BCUT2D eigenvalue weighted by Crippen LogP contribution is 2.25. The number of rotatable bonds is 6. The van der Waals surface area contributed by atoms with Gasteiger partial charge in [0.05, 0.1) is 0 Å². The Hall–Kier alpha value is -1.20. The minimum Gasteiger partial charge on any atom is -0.310 e. The van der Waals surface area contributed by atoms with Crippen LogP contribution in [0.15, 0.2) is 35.1 Å². The first-order chi connectivity index (χ1) is 9.22. The predicted octanol–water partition coefficient (Wildman–Crippen LogP) is 2.86. The SMILES string of the molecule is CCCNC(Cc1ncnn1C)c1ccccc1Br. The van der Waals surface area contributed by atoms with Gasteiger partial charge in [-0.05, 0) is 24.6 Å². The molecule has 2 rings (SSSR count). The van der Waals surface area contributed by atoms with E-state index in [4.69, 9.17) is 0 Å².